The molecule has 0 saturated carbocycles. The maximum atomic E-state index is 14.8. The molecule has 0 amide bonds. The predicted octanol–water partition coefficient (Wildman–Crippen LogP) is 6.99. The molecule has 11 heteroatoms. The maximum Gasteiger partial charge on any atom is 0.402 e. The van der Waals surface area contributed by atoms with E-state index >= 15 is 0 Å². The van der Waals surface area contributed by atoms with Crippen LogP contribution in [0.15, 0.2) is 81.6 Å². The summed E-state index contributed by atoms with van der Waals surface area (Å²) in [6, 6.07) is 15.3. The highest BCUT2D eigenvalue weighted by Crippen LogP contribution is 2.48. The highest BCUT2D eigenvalue weighted by atomic mass is 19.4. The zero-order chi connectivity index (χ0) is 28.4. The van der Waals surface area contributed by atoms with E-state index in [1.54, 1.807) is 0 Å². The van der Waals surface area contributed by atoms with Crippen molar-refractivity contribution >= 4 is 22.2 Å². The number of phenolic OH excluding ortho intramolecular Hbond substituents is 4. The molecule has 0 radical (unpaired) electrons. The second kappa shape index (κ2) is 8.67. The third-order valence-electron chi connectivity index (χ3n) is 6.92. The molecule has 6 aromatic rings. The summed E-state index contributed by atoms with van der Waals surface area (Å²) in [5, 5.41) is 39.8. The third kappa shape index (κ3) is 3.94. The van der Waals surface area contributed by atoms with Crippen LogP contribution in [0, 0.1) is 0 Å². The molecule has 4 aromatic carbocycles. The standard InChI is InChI=1S/C29H19F3N2O6/c1-28(29(30,31)32,14-2-8-24-20(10-14)33-26(39-24)18-12-16(35)4-6-22(18)37)15-3-9-25-21(11-15)34-27(40-25)19-13-17(36)5-7-23(19)38/h2-13,35-38H,1H3. The highest BCUT2D eigenvalue weighted by molar-refractivity contribution is 5.81. The van der Waals surface area contributed by atoms with Crippen LogP contribution in [0.25, 0.3) is 45.1 Å². The number of hydrogen-bond acceptors (Lipinski definition) is 8. The Labute approximate surface area is 223 Å². The van der Waals surface area contributed by atoms with Crippen molar-refractivity contribution in [3.63, 3.8) is 0 Å². The summed E-state index contributed by atoms with van der Waals surface area (Å²) in [6.07, 6.45) is -4.75. The molecular formula is C29H19F3N2O6. The van der Waals surface area contributed by atoms with Gasteiger partial charge >= 0.3 is 6.18 Å². The number of aromatic hydroxyl groups is 4. The lowest BCUT2D eigenvalue weighted by molar-refractivity contribution is -0.173. The molecule has 0 fully saturated rings. The minimum atomic E-state index is -4.75. The molecule has 202 valence electrons. The Balaban J connectivity index is 1.46. The third-order valence-corrected chi connectivity index (χ3v) is 6.92. The number of benzene rings is 4. The van der Waals surface area contributed by atoms with E-state index in [0.29, 0.717) is 0 Å². The Kier molecular flexibility index (Phi) is 5.44. The number of alkyl halides is 3. The van der Waals surface area contributed by atoms with Crippen molar-refractivity contribution in [2.24, 2.45) is 0 Å². The summed E-state index contributed by atoms with van der Waals surface area (Å²) < 4.78 is 55.7. The smallest absolute Gasteiger partial charge is 0.402 e. The molecular weight excluding hydrogens is 529 g/mol. The molecule has 2 aromatic heterocycles. The van der Waals surface area contributed by atoms with E-state index in [1.165, 1.54) is 72.8 Å². The summed E-state index contributed by atoms with van der Waals surface area (Å²) in [5.41, 5.74) is -1.97. The molecule has 0 aliphatic carbocycles. The molecule has 0 aliphatic rings. The van der Waals surface area contributed by atoms with Crippen molar-refractivity contribution in [3.8, 4) is 45.9 Å². The van der Waals surface area contributed by atoms with Gasteiger partial charge in [0.25, 0.3) is 0 Å². The molecule has 40 heavy (non-hydrogen) atoms. The fourth-order valence-electron chi connectivity index (χ4n) is 4.59. The van der Waals surface area contributed by atoms with Gasteiger partial charge < -0.3 is 29.3 Å². The van der Waals surface area contributed by atoms with Gasteiger partial charge in [0.1, 0.15) is 39.4 Å². The highest BCUT2D eigenvalue weighted by Gasteiger charge is 2.53. The Hall–Kier alpha value is -5.19. The average Bonchev–Trinajstić information content (AvgIpc) is 3.53. The van der Waals surface area contributed by atoms with Crippen LogP contribution in [0.1, 0.15) is 18.1 Å². The predicted molar refractivity (Wildman–Crippen MR) is 138 cm³/mol. The molecule has 2 heterocycles. The monoisotopic (exact) mass is 548 g/mol. The van der Waals surface area contributed by atoms with Gasteiger partial charge in [0, 0.05) is 0 Å². The van der Waals surface area contributed by atoms with Gasteiger partial charge in [-0.1, -0.05) is 12.1 Å². The van der Waals surface area contributed by atoms with E-state index in [2.05, 4.69) is 9.97 Å². The van der Waals surface area contributed by atoms with E-state index in [4.69, 9.17) is 8.83 Å². The fraction of sp³-hybridized carbons (Fsp3) is 0.103. The lowest BCUT2D eigenvalue weighted by Crippen LogP contribution is -2.40. The van der Waals surface area contributed by atoms with Gasteiger partial charge in [-0.15, -0.1) is 0 Å². The van der Waals surface area contributed by atoms with E-state index in [0.717, 1.165) is 6.92 Å². The Morgan fingerprint density at radius 3 is 1.43 bits per heavy atom. The van der Waals surface area contributed by atoms with Crippen LogP contribution >= 0.6 is 0 Å². The van der Waals surface area contributed by atoms with E-state index in [-0.39, 0.29) is 79.2 Å². The molecule has 0 aliphatic heterocycles. The van der Waals surface area contributed by atoms with Crippen LogP contribution in [0.4, 0.5) is 13.2 Å². The van der Waals surface area contributed by atoms with Crippen LogP contribution in [0.5, 0.6) is 23.0 Å². The maximum absolute atomic E-state index is 14.8. The van der Waals surface area contributed by atoms with Gasteiger partial charge in [-0.3, -0.25) is 0 Å². The molecule has 6 rings (SSSR count). The van der Waals surface area contributed by atoms with Crippen molar-refractivity contribution in [1.29, 1.82) is 0 Å². The van der Waals surface area contributed by atoms with Gasteiger partial charge in [-0.25, -0.2) is 9.97 Å². The second-order valence-corrected chi connectivity index (χ2v) is 9.43. The number of halogens is 3. The Morgan fingerprint density at radius 2 is 1.02 bits per heavy atom. The lowest BCUT2D eigenvalue weighted by Gasteiger charge is -2.33. The van der Waals surface area contributed by atoms with Crippen LogP contribution in [0.2, 0.25) is 0 Å². The molecule has 0 spiro atoms. The summed E-state index contributed by atoms with van der Waals surface area (Å²) in [4.78, 5) is 8.52. The Morgan fingerprint density at radius 1 is 0.600 bits per heavy atom. The van der Waals surface area contributed by atoms with E-state index < -0.39 is 11.6 Å². The first-order valence-electron chi connectivity index (χ1n) is 11.9. The van der Waals surface area contributed by atoms with Crippen LogP contribution in [-0.2, 0) is 5.41 Å². The summed E-state index contributed by atoms with van der Waals surface area (Å²) in [6.45, 7) is 1.04. The van der Waals surface area contributed by atoms with Crippen LogP contribution < -0.4 is 0 Å². The SMILES string of the molecule is CC(c1ccc2oc(-c3cc(O)ccc3O)nc2c1)(c1ccc2oc(-c3cc(O)ccc3O)nc2c1)C(F)(F)F. The molecule has 0 atom stereocenters. The molecule has 8 nitrogen and oxygen atoms in total. The Bertz CT molecular complexity index is 1800. The van der Waals surface area contributed by atoms with Crippen molar-refractivity contribution in [2.75, 3.05) is 0 Å². The van der Waals surface area contributed by atoms with Crippen molar-refractivity contribution in [2.45, 2.75) is 18.5 Å². The van der Waals surface area contributed by atoms with Gasteiger partial charge in [-0.05, 0) is 78.7 Å². The summed E-state index contributed by atoms with van der Waals surface area (Å²) >= 11 is 0. The largest absolute Gasteiger partial charge is 0.508 e. The number of fused-ring (bicyclic) bond motifs is 2. The fourth-order valence-corrected chi connectivity index (χ4v) is 4.59. The first-order chi connectivity index (χ1) is 18.9. The van der Waals surface area contributed by atoms with E-state index in [1.807, 2.05) is 0 Å². The topological polar surface area (TPSA) is 133 Å². The summed E-state index contributed by atoms with van der Waals surface area (Å²) in [5.74, 6) is -0.868. The number of hydrogen-bond donors (Lipinski definition) is 4. The number of aromatic nitrogens is 2. The van der Waals surface area contributed by atoms with Gasteiger partial charge in [0.15, 0.2) is 11.2 Å². The lowest BCUT2D eigenvalue weighted by atomic mass is 9.75. The first kappa shape index (κ1) is 25.1. The molecule has 0 unspecified atom stereocenters. The quantitative estimate of drug-likeness (QED) is 0.173. The molecule has 4 N–H and O–H groups in total. The zero-order valence-corrected chi connectivity index (χ0v) is 20.6. The van der Waals surface area contributed by atoms with E-state index in [9.17, 15) is 33.6 Å². The summed E-state index contributed by atoms with van der Waals surface area (Å²) in [7, 11) is 0. The van der Waals surface area contributed by atoms with Gasteiger partial charge in [0.05, 0.1) is 11.1 Å². The van der Waals surface area contributed by atoms with Gasteiger partial charge in [-0.2, -0.15) is 13.2 Å². The van der Waals surface area contributed by atoms with Crippen molar-refractivity contribution in [1.82, 2.24) is 9.97 Å². The van der Waals surface area contributed by atoms with Crippen molar-refractivity contribution in [3.05, 3.63) is 83.9 Å². The number of rotatable bonds is 4. The number of nitrogens with zero attached hydrogens (tertiary/aromatic N) is 2. The minimum Gasteiger partial charge on any atom is -0.508 e. The van der Waals surface area contributed by atoms with Crippen LogP contribution in [-0.4, -0.2) is 36.6 Å². The number of phenols is 4. The van der Waals surface area contributed by atoms with Gasteiger partial charge in [0.2, 0.25) is 11.8 Å². The number of oxazole rings is 2. The average molecular weight is 548 g/mol. The minimum absolute atomic E-state index is 0.0685. The molecule has 0 saturated heterocycles. The first-order valence-corrected chi connectivity index (χ1v) is 11.9. The second-order valence-electron chi connectivity index (χ2n) is 9.43. The van der Waals surface area contributed by atoms with Crippen molar-refractivity contribution < 1.29 is 42.4 Å². The molecule has 0 bridgehead atoms. The van der Waals surface area contributed by atoms with Crippen LogP contribution in [0.3, 0.4) is 0 Å². The zero-order valence-electron chi connectivity index (χ0n) is 20.6. The normalized spacial score (nSPS) is 12.4.